The lowest BCUT2D eigenvalue weighted by Crippen LogP contribution is -2.37. The predicted octanol–water partition coefficient (Wildman–Crippen LogP) is 2.77. The van der Waals surface area contributed by atoms with Crippen molar-refractivity contribution in [2.75, 3.05) is 6.54 Å². The maximum Gasteiger partial charge on any atom is 0.0297 e. The van der Waals surface area contributed by atoms with E-state index in [0.717, 1.165) is 6.54 Å². The Balaban J connectivity index is 2.01. The van der Waals surface area contributed by atoms with Crippen molar-refractivity contribution in [1.82, 2.24) is 5.32 Å². The van der Waals surface area contributed by atoms with Crippen LogP contribution in [-0.4, -0.2) is 12.6 Å². The van der Waals surface area contributed by atoms with Gasteiger partial charge < -0.3 is 11.1 Å². The van der Waals surface area contributed by atoms with Gasteiger partial charge in [0.1, 0.15) is 0 Å². The number of hydrogen-bond donors (Lipinski definition) is 2. The van der Waals surface area contributed by atoms with E-state index in [9.17, 15) is 0 Å². The number of nitrogens with one attached hydrogen (secondary N) is 1. The zero-order valence-electron chi connectivity index (χ0n) is 10.9. The molecular formula is C15H24N2. The molecule has 3 atom stereocenters. The van der Waals surface area contributed by atoms with Crippen LogP contribution >= 0.6 is 0 Å². The Morgan fingerprint density at radius 1 is 1.35 bits per heavy atom. The molecule has 3 N–H and O–H groups in total. The van der Waals surface area contributed by atoms with Gasteiger partial charge in [-0.25, -0.2) is 0 Å². The Bertz CT molecular complexity index is 362. The molecule has 1 aromatic rings. The van der Waals surface area contributed by atoms with Crippen molar-refractivity contribution < 1.29 is 0 Å². The van der Waals surface area contributed by atoms with E-state index in [4.69, 9.17) is 5.73 Å². The molecule has 94 valence electrons. The lowest BCUT2D eigenvalue weighted by atomic mass is 9.99. The molecule has 0 heterocycles. The third kappa shape index (κ3) is 2.88. The molecule has 2 rings (SSSR count). The molecule has 0 aromatic heterocycles. The molecule has 0 spiro atoms. The minimum Gasteiger partial charge on any atom is -0.330 e. The largest absolute Gasteiger partial charge is 0.330 e. The summed E-state index contributed by atoms with van der Waals surface area (Å²) in [5.41, 5.74) is 8.61. The highest BCUT2D eigenvalue weighted by atomic mass is 15.0. The van der Waals surface area contributed by atoms with Gasteiger partial charge in [-0.15, -0.1) is 0 Å². The van der Waals surface area contributed by atoms with Crippen LogP contribution < -0.4 is 11.1 Å². The fourth-order valence-corrected chi connectivity index (χ4v) is 3.02. The summed E-state index contributed by atoms with van der Waals surface area (Å²) in [4.78, 5) is 0. The van der Waals surface area contributed by atoms with Gasteiger partial charge in [-0.05, 0) is 50.3 Å². The van der Waals surface area contributed by atoms with Crippen molar-refractivity contribution in [3.05, 3.63) is 35.4 Å². The first-order chi connectivity index (χ1) is 8.22. The smallest absolute Gasteiger partial charge is 0.0297 e. The first kappa shape index (κ1) is 12.6. The Morgan fingerprint density at radius 3 is 2.82 bits per heavy atom. The third-order valence-electron chi connectivity index (χ3n) is 4.08. The van der Waals surface area contributed by atoms with Gasteiger partial charge in [0.2, 0.25) is 0 Å². The van der Waals surface area contributed by atoms with Gasteiger partial charge in [-0.3, -0.25) is 0 Å². The minimum atomic E-state index is 0.424. The van der Waals surface area contributed by atoms with E-state index in [-0.39, 0.29) is 0 Å². The number of nitrogens with two attached hydrogens (primary N) is 1. The molecule has 0 aliphatic heterocycles. The van der Waals surface area contributed by atoms with Crippen molar-refractivity contribution in [1.29, 1.82) is 0 Å². The molecule has 1 aliphatic rings. The van der Waals surface area contributed by atoms with Crippen molar-refractivity contribution in [2.24, 2.45) is 11.7 Å². The SMILES string of the molecule is Cc1ccccc1[C@H](C)NC1CCCC1CN. The van der Waals surface area contributed by atoms with E-state index in [0.29, 0.717) is 18.0 Å². The van der Waals surface area contributed by atoms with Gasteiger partial charge in [0.15, 0.2) is 0 Å². The van der Waals surface area contributed by atoms with E-state index >= 15 is 0 Å². The van der Waals surface area contributed by atoms with E-state index in [1.807, 2.05) is 0 Å². The van der Waals surface area contributed by atoms with Crippen molar-refractivity contribution in [3.8, 4) is 0 Å². The predicted molar refractivity (Wildman–Crippen MR) is 72.9 cm³/mol. The Morgan fingerprint density at radius 2 is 2.12 bits per heavy atom. The quantitative estimate of drug-likeness (QED) is 0.837. The minimum absolute atomic E-state index is 0.424. The summed E-state index contributed by atoms with van der Waals surface area (Å²) < 4.78 is 0. The molecule has 2 heteroatoms. The van der Waals surface area contributed by atoms with Crippen LogP contribution in [0.5, 0.6) is 0 Å². The maximum absolute atomic E-state index is 5.83. The summed E-state index contributed by atoms with van der Waals surface area (Å²) in [6, 6.07) is 9.66. The van der Waals surface area contributed by atoms with E-state index < -0.39 is 0 Å². The van der Waals surface area contributed by atoms with Gasteiger partial charge in [-0.2, -0.15) is 0 Å². The van der Waals surface area contributed by atoms with Gasteiger partial charge in [0.25, 0.3) is 0 Å². The molecule has 0 bridgehead atoms. The second kappa shape index (κ2) is 5.65. The number of rotatable bonds is 4. The Kier molecular flexibility index (Phi) is 4.19. The van der Waals surface area contributed by atoms with Crippen LogP contribution in [-0.2, 0) is 0 Å². The van der Waals surface area contributed by atoms with Crippen molar-refractivity contribution in [3.63, 3.8) is 0 Å². The molecule has 0 saturated heterocycles. The van der Waals surface area contributed by atoms with Crippen molar-refractivity contribution in [2.45, 2.75) is 45.2 Å². The van der Waals surface area contributed by atoms with Gasteiger partial charge in [-0.1, -0.05) is 30.7 Å². The zero-order valence-corrected chi connectivity index (χ0v) is 10.9. The number of benzene rings is 1. The first-order valence-electron chi connectivity index (χ1n) is 6.74. The monoisotopic (exact) mass is 232 g/mol. The van der Waals surface area contributed by atoms with E-state index in [2.05, 4.69) is 43.4 Å². The van der Waals surface area contributed by atoms with Crippen molar-refractivity contribution >= 4 is 0 Å². The van der Waals surface area contributed by atoms with E-state index in [1.165, 1.54) is 30.4 Å². The fraction of sp³-hybridized carbons (Fsp3) is 0.600. The van der Waals surface area contributed by atoms with Gasteiger partial charge in [0.05, 0.1) is 0 Å². The van der Waals surface area contributed by atoms with E-state index in [1.54, 1.807) is 0 Å². The van der Waals surface area contributed by atoms with Gasteiger partial charge in [0, 0.05) is 12.1 Å². The summed E-state index contributed by atoms with van der Waals surface area (Å²) >= 11 is 0. The zero-order chi connectivity index (χ0) is 12.3. The highest BCUT2D eigenvalue weighted by Crippen LogP contribution is 2.27. The highest BCUT2D eigenvalue weighted by molar-refractivity contribution is 5.28. The third-order valence-corrected chi connectivity index (χ3v) is 4.08. The van der Waals surface area contributed by atoms with Gasteiger partial charge >= 0.3 is 0 Å². The fourth-order valence-electron chi connectivity index (χ4n) is 3.02. The molecular weight excluding hydrogens is 208 g/mol. The van der Waals surface area contributed by atoms with Crippen LogP contribution in [0.3, 0.4) is 0 Å². The Labute approximate surface area is 105 Å². The molecule has 0 amide bonds. The molecule has 17 heavy (non-hydrogen) atoms. The first-order valence-corrected chi connectivity index (χ1v) is 6.74. The topological polar surface area (TPSA) is 38.0 Å². The van der Waals surface area contributed by atoms with Crippen LogP contribution in [0.25, 0.3) is 0 Å². The molecule has 1 aliphatic carbocycles. The highest BCUT2D eigenvalue weighted by Gasteiger charge is 2.27. The molecule has 0 radical (unpaired) electrons. The summed E-state index contributed by atoms with van der Waals surface area (Å²) in [5, 5.41) is 3.76. The lowest BCUT2D eigenvalue weighted by molar-refractivity contribution is 0.373. The second-order valence-corrected chi connectivity index (χ2v) is 5.28. The summed E-state index contributed by atoms with van der Waals surface area (Å²) in [6.07, 6.45) is 3.88. The van der Waals surface area contributed by atoms with Crippen LogP contribution in [0.1, 0.15) is 43.4 Å². The maximum atomic E-state index is 5.83. The summed E-state index contributed by atoms with van der Waals surface area (Å²) in [5.74, 6) is 0.668. The van der Waals surface area contributed by atoms with Crippen LogP contribution in [0, 0.1) is 12.8 Å². The second-order valence-electron chi connectivity index (χ2n) is 5.28. The lowest BCUT2D eigenvalue weighted by Gasteiger charge is -2.25. The standard InChI is InChI=1S/C15H24N2/c1-11-6-3-4-8-14(11)12(2)17-15-9-5-7-13(15)10-16/h3-4,6,8,12-13,15,17H,5,7,9-10,16H2,1-2H3/t12-,13?,15?/m0/s1. The molecule has 2 nitrogen and oxygen atoms in total. The molecule has 2 unspecified atom stereocenters. The van der Waals surface area contributed by atoms with Crippen LogP contribution in [0.15, 0.2) is 24.3 Å². The average Bonchev–Trinajstić information content (AvgIpc) is 2.76. The molecule has 1 saturated carbocycles. The van der Waals surface area contributed by atoms with Crippen LogP contribution in [0.2, 0.25) is 0 Å². The molecule has 1 fully saturated rings. The average molecular weight is 232 g/mol. The normalized spacial score (nSPS) is 26.1. The number of hydrogen-bond acceptors (Lipinski definition) is 2. The van der Waals surface area contributed by atoms with Crippen LogP contribution in [0.4, 0.5) is 0 Å². The number of aryl methyl sites for hydroxylation is 1. The Hall–Kier alpha value is -0.860. The summed E-state index contributed by atoms with van der Waals surface area (Å²) in [6.45, 7) is 5.26. The molecule has 1 aromatic carbocycles. The summed E-state index contributed by atoms with van der Waals surface area (Å²) in [7, 11) is 0.